The van der Waals surface area contributed by atoms with Crippen LogP contribution in [0.25, 0.3) is 0 Å². The third-order valence-electron chi connectivity index (χ3n) is 0.406. The van der Waals surface area contributed by atoms with Gasteiger partial charge in [0.15, 0.2) is 0 Å². The second kappa shape index (κ2) is 13.5. The zero-order valence-corrected chi connectivity index (χ0v) is 5.98. The Labute approximate surface area is 107 Å². The molecule has 1 heterocycles. The molecule has 1 aromatic rings. The average Bonchev–Trinajstić information content (AvgIpc) is 2.11. The summed E-state index contributed by atoms with van der Waals surface area (Å²) in [4.78, 5) is 14.3. The van der Waals surface area contributed by atoms with E-state index in [0.29, 0.717) is 0 Å². The van der Waals surface area contributed by atoms with Crippen molar-refractivity contribution in [2.45, 2.75) is 0 Å². The first-order valence-corrected chi connectivity index (χ1v) is 3.39. The molecule has 0 aromatic carbocycles. The smallest absolute Gasteiger partial charge is 0.0487 e. The van der Waals surface area contributed by atoms with Crippen molar-refractivity contribution in [3.63, 3.8) is 0 Å². The number of nitrogens with one attached hydrogen (secondary N) is 1. The van der Waals surface area contributed by atoms with Crippen molar-refractivity contribution in [3.05, 3.63) is 18.5 Å². The summed E-state index contributed by atoms with van der Waals surface area (Å²) in [5.41, 5.74) is 0. The fraction of sp³-hybridized carbons (Fsp3) is 0. The molecule has 8 heteroatoms. The fourth-order valence-corrected chi connectivity index (χ4v) is 0.215. The second-order valence-corrected chi connectivity index (χ2v) is 1.61. The molecule has 5 N–H and O–H groups in total. The number of aromatic nitrogens is 2. The molecule has 0 bridgehead atoms. The Morgan fingerprint density at radius 2 is 1.91 bits per heavy atom. The second-order valence-electron chi connectivity index (χ2n) is 1.05. The quantitative estimate of drug-likeness (QED) is 0.347. The molecule has 0 saturated carbocycles. The van der Waals surface area contributed by atoms with Crippen molar-refractivity contribution in [1.82, 2.24) is 10.2 Å². The van der Waals surface area contributed by atoms with Crippen LogP contribution < -0.4 is 0 Å². The molecule has 0 aliphatic rings. The van der Waals surface area contributed by atoms with Gasteiger partial charge in [0, 0.05) is 12.4 Å². The van der Waals surface area contributed by atoms with Crippen LogP contribution in [0.2, 0.25) is 0 Å². The predicted octanol–water partition coefficient (Wildman–Crippen LogP) is -1.70. The molecule has 62 valence electrons. The number of aromatic amines is 1. The molecule has 6 nitrogen and oxygen atoms in total. The van der Waals surface area contributed by atoms with Crippen molar-refractivity contribution in [3.8, 4) is 0 Å². The first kappa shape index (κ1) is 17.9. The Balaban J connectivity index is -0.000000101. The van der Waals surface area contributed by atoms with E-state index in [4.69, 9.17) is 14.4 Å². The number of H-pyrrole nitrogens is 1. The summed E-state index contributed by atoms with van der Waals surface area (Å²) in [6, 6.07) is 1.83. The van der Waals surface area contributed by atoms with Crippen LogP contribution in [0.15, 0.2) is 18.5 Å². The van der Waals surface area contributed by atoms with E-state index in [1.807, 2.05) is 6.07 Å². The van der Waals surface area contributed by atoms with Crippen LogP contribution in [0.5, 0.6) is 0 Å². The van der Waals surface area contributed by atoms with Crippen molar-refractivity contribution < 1.29 is 19.8 Å². The molecular formula is C3H10KN2O4P. The fourth-order valence-electron chi connectivity index (χ4n) is 0.215. The van der Waals surface area contributed by atoms with Crippen molar-refractivity contribution in [1.29, 1.82) is 0 Å². The predicted molar refractivity (Wildman–Crippen MR) is 42.8 cm³/mol. The van der Waals surface area contributed by atoms with Gasteiger partial charge in [0.1, 0.15) is 0 Å². The van der Waals surface area contributed by atoms with Gasteiger partial charge in [-0.1, -0.05) is 0 Å². The topological polar surface area (TPSA) is 118 Å². The Morgan fingerprint density at radius 3 is 2.00 bits per heavy atom. The Bertz CT molecular complexity index is 137. The summed E-state index contributed by atoms with van der Waals surface area (Å²) in [6.45, 7) is 0. The SMILES string of the molecule is O.O=[PH](O)O.[KH].c1cn[nH]c1. The van der Waals surface area contributed by atoms with E-state index in [0.717, 1.165) is 0 Å². The summed E-state index contributed by atoms with van der Waals surface area (Å²) < 4.78 is 8.74. The van der Waals surface area contributed by atoms with Gasteiger partial charge >= 0.3 is 59.6 Å². The van der Waals surface area contributed by atoms with Crippen LogP contribution in [0.4, 0.5) is 0 Å². The summed E-state index contributed by atoms with van der Waals surface area (Å²) in [5.74, 6) is 0. The van der Waals surface area contributed by atoms with Gasteiger partial charge < -0.3 is 15.3 Å². The summed E-state index contributed by atoms with van der Waals surface area (Å²) in [7, 11) is -3.13. The number of hydrogen-bond donors (Lipinski definition) is 3. The van der Waals surface area contributed by atoms with E-state index in [1.54, 1.807) is 12.4 Å². The van der Waals surface area contributed by atoms with Gasteiger partial charge in [-0.05, 0) is 6.07 Å². The molecule has 11 heavy (non-hydrogen) atoms. The Kier molecular flexibility index (Phi) is 22.0. The first-order chi connectivity index (χ1) is 4.23. The average molecular weight is 208 g/mol. The van der Waals surface area contributed by atoms with E-state index >= 15 is 0 Å². The zero-order chi connectivity index (χ0) is 7.11. The van der Waals surface area contributed by atoms with Gasteiger partial charge in [-0.15, -0.1) is 0 Å². The molecule has 0 atom stereocenters. The summed E-state index contributed by atoms with van der Waals surface area (Å²) in [6.07, 6.45) is 3.46. The monoisotopic (exact) mass is 208 g/mol. The van der Waals surface area contributed by atoms with Crippen LogP contribution in [0.3, 0.4) is 0 Å². The maximum Gasteiger partial charge on any atom is 0.0487 e. The van der Waals surface area contributed by atoms with Crippen LogP contribution in [-0.4, -0.2) is 76.8 Å². The normalized spacial score (nSPS) is 6.82. The van der Waals surface area contributed by atoms with Gasteiger partial charge in [-0.2, -0.15) is 5.10 Å². The van der Waals surface area contributed by atoms with E-state index in [1.165, 1.54) is 0 Å². The number of nitrogens with zero attached hydrogens (tertiary/aromatic N) is 1. The van der Waals surface area contributed by atoms with Crippen LogP contribution in [0, 0.1) is 0 Å². The van der Waals surface area contributed by atoms with Crippen LogP contribution in [0.1, 0.15) is 0 Å². The summed E-state index contributed by atoms with van der Waals surface area (Å²) in [5, 5.41) is 6.21. The molecule has 0 aliphatic heterocycles. The molecule has 0 unspecified atom stereocenters. The molecular weight excluding hydrogens is 198 g/mol. The number of rotatable bonds is 0. The van der Waals surface area contributed by atoms with Crippen molar-refractivity contribution in [2.24, 2.45) is 0 Å². The van der Waals surface area contributed by atoms with Crippen LogP contribution in [-0.2, 0) is 4.57 Å². The minimum Gasteiger partial charge on any atom is -0.286 e. The third-order valence-corrected chi connectivity index (χ3v) is 0.406. The Hall–Kier alpha value is 0.956. The third kappa shape index (κ3) is 24.8. The molecule has 0 saturated heterocycles. The molecule has 1 rings (SSSR count). The molecule has 0 fully saturated rings. The minimum absolute atomic E-state index is 0. The van der Waals surface area contributed by atoms with Crippen LogP contribution >= 0.6 is 8.25 Å². The van der Waals surface area contributed by atoms with E-state index in [2.05, 4.69) is 10.2 Å². The van der Waals surface area contributed by atoms with Crippen molar-refractivity contribution in [2.75, 3.05) is 0 Å². The largest absolute Gasteiger partial charge is 0.286 e. The molecule has 0 radical (unpaired) electrons. The van der Waals surface area contributed by atoms with Gasteiger partial charge in [0.2, 0.25) is 0 Å². The maximum atomic E-state index is 8.74. The molecule has 1 aromatic heterocycles. The minimum atomic E-state index is -3.13. The summed E-state index contributed by atoms with van der Waals surface area (Å²) >= 11 is 0. The van der Waals surface area contributed by atoms with Crippen molar-refractivity contribution >= 4 is 59.6 Å². The zero-order valence-electron chi connectivity index (χ0n) is 4.98. The van der Waals surface area contributed by atoms with E-state index in [-0.39, 0.29) is 56.9 Å². The van der Waals surface area contributed by atoms with E-state index in [9.17, 15) is 0 Å². The van der Waals surface area contributed by atoms with E-state index < -0.39 is 8.25 Å². The molecule has 0 spiro atoms. The Morgan fingerprint density at radius 1 is 1.45 bits per heavy atom. The first-order valence-electron chi connectivity index (χ1n) is 2.09. The number of hydrogen-bond acceptors (Lipinski definition) is 2. The standard InChI is InChI=1S/C3H4N2.K.H3O3P.H2O.H/c1-2-4-5-3-1;;1-4(2)3;;/h1-3H,(H,4,5);;4H,(H2,1,2,3);1H2;. The molecule has 0 amide bonds. The van der Waals surface area contributed by atoms with Gasteiger partial charge in [-0.25, -0.2) is 0 Å². The van der Waals surface area contributed by atoms with Gasteiger partial charge in [-0.3, -0.25) is 9.66 Å². The molecule has 0 aliphatic carbocycles. The maximum absolute atomic E-state index is 8.74. The van der Waals surface area contributed by atoms with Gasteiger partial charge in [0.25, 0.3) is 0 Å². The van der Waals surface area contributed by atoms with Gasteiger partial charge in [0.05, 0.1) is 0 Å².